The number of nitrogens with zero attached hydrogens (tertiary/aromatic N) is 2. The first-order chi connectivity index (χ1) is 6.88. The molecule has 0 fully saturated rings. The molecule has 0 aliphatic heterocycles. The van der Waals surface area contributed by atoms with Crippen molar-refractivity contribution >= 4 is 6.29 Å². The van der Waals surface area contributed by atoms with E-state index in [0.29, 0.717) is 12.1 Å². The minimum atomic E-state index is 0.508. The number of hydrogen-bond donors (Lipinski definition) is 1. The molecule has 0 aliphatic carbocycles. The van der Waals surface area contributed by atoms with Gasteiger partial charge in [0.1, 0.15) is 5.82 Å². The maximum atomic E-state index is 10.4. The maximum Gasteiger partial charge on any atom is 0.167 e. The fourth-order valence-electron chi connectivity index (χ4n) is 1.22. The number of aldehydes is 1. The van der Waals surface area contributed by atoms with Crippen LogP contribution in [0.25, 0.3) is 0 Å². The minimum Gasteiger partial charge on any atom is -0.340 e. The smallest absolute Gasteiger partial charge is 0.167 e. The largest absolute Gasteiger partial charge is 0.340 e. The molecule has 70 valence electrons. The number of nitrogens with one attached hydrogen (secondary N) is 1. The molecule has 0 radical (unpaired) electrons. The summed E-state index contributed by atoms with van der Waals surface area (Å²) in [5, 5.41) is 0. The second kappa shape index (κ2) is 3.83. The number of pyridine rings is 1. The Morgan fingerprint density at radius 1 is 1.36 bits per heavy atom. The van der Waals surface area contributed by atoms with E-state index in [-0.39, 0.29) is 0 Å². The van der Waals surface area contributed by atoms with Gasteiger partial charge in [-0.05, 0) is 17.7 Å². The molecular weight excluding hydrogens is 178 g/mol. The van der Waals surface area contributed by atoms with Crippen LogP contribution in [0.5, 0.6) is 0 Å². The number of rotatable bonds is 3. The van der Waals surface area contributed by atoms with Crippen molar-refractivity contribution < 1.29 is 4.79 Å². The number of carbonyl (C=O) groups excluding carboxylic acids is 1. The van der Waals surface area contributed by atoms with Crippen molar-refractivity contribution in [1.29, 1.82) is 0 Å². The minimum absolute atomic E-state index is 0.508. The Balaban J connectivity index is 2.15. The van der Waals surface area contributed by atoms with Gasteiger partial charge in [-0.25, -0.2) is 4.98 Å². The third-order valence-corrected chi connectivity index (χ3v) is 1.90. The topological polar surface area (TPSA) is 58.6 Å². The first-order valence-corrected chi connectivity index (χ1v) is 4.26. The molecule has 0 bridgehead atoms. The molecule has 2 aromatic heterocycles. The van der Waals surface area contributed by atoms with Gasteiger partial charge in [0, 0.05) is 18.8 Å². The monoisotopic (exact) mass is 187 g/mol. The van der Waals surface area contributed by atoms with Gasteiger partial charge in [0.05, 0.1) is 11.9 Å². The van der Waals surface area contributed by atoms with Crippen molar-refractivity contribution in [3.05, 3.63) is 47.8 Å². The van der Waals surface area contributed by atoms with Crippen molar-refractivity contribution in [2.75, 3.05) is 0 Å². The van der Waals surface area contributed by atoms with E-state index in [1.165, 1.54) is 6.20 Å². The Morgan fingerprint density at radius 2 is 2.14 bits per heavy atom. The number of imidazole rings is 1. The van der Waals surface area contributed by atoms with E-state index in [9.17, 15) is 4.79 Å². The quantitative estimate of drug-likeness (QED) is 0.734. The highest BCUT2D eigenvalue weighted by Gasteiger charge is 2.00. The third kappa shape index (κ3) is 1.85. The van der Waals surface area contributed by atoms with Gasteiger partial charge >= 0.3 is 0 Å². The summed E-state index contributed by atoms with van der Waals surface area (Å²) < 4.78 is 0. The Kier molecular flexibility index (Phi) is 2.36. The Bertz CT molecular complexity index is 422. The first-order valence-electron chi connectivity index (χ1n) is 4.26. The second-order valence-electron chi connectivity index (χ2n) is 2.94. The summed E-state index contributed by atoms with van der Waals surface area (Å²) >= 11 is 0. The molecule has 2 rings (SSSR count). The van der Waals surface area contributed by atoms with Crippen LogP contribution in [0.1, 0.15) is 21.9 Å². The molecule has 4 heteroatoms. The molecule has 0 aromatic carbocycles. The van der Waals surface area contributed by atoms with Crippen LogP contribution in [-0.4, -0.2) is 21.2 Å². The number of aromatic amines is 1. The van der Waals surface area contributed by atoms with Crippen LogP contribution in [0.3, 0.4) is 0 Å². The average Bonchev–Trinajstić information content (AvgIpc) is 2.67. The second-order valence-corrected chi connectivity index (χ2v) is 2.94. The van der Waals surface area contributed by atoms with Crippen molar-refractivity contribution in [2.45, 2.75) is 6.42 Å². The zero-order chi connectivity index (χ0) is 9.80. The van der Waals surface area contributed by atoms with Crippen LogP contribution in [0, 0.1) is 0 Å². The van der Waals surface area contributed by atoms with Gasteiger partial charge in [0.15, 0.2) is 6.29 Å². The van der Waals surface area contributed by atoms with Gasteiger partial charge in [-0.3, -0.25) is 9.78 Å². The van der Waals surface area contributed by atoms with Gasteiger partial charge in [-0.2, -0.15) is 0 Å². The lowest BCUT2D eigenvalue weighted by molar-refractivity contribution is 0.111. The van der Waals surface area contributed by atoms with Gasteiger partial charge < -0.3 is 4.98 Å². The molecule has 0 saturated carbocycles. The molecule has 0 atom stereocenters. The Hall–Kier alpha value is -1.97. The standard InChI is InChI=1S/C10H9N3O/c14-7-9-6-12-10(13-9)5-8-1-3-11-4-2-8/h1-4,6-7H,5H2,(H,12,13). The molecule has 2 aromatic rings. The van der Waals surface area contributed by atoms with E-state index in [2.05, 4.69) is 15.0 Å². The lowest BCUT2D eigenvalue weighted by atomic mass is 10.2. The maximum absolute atomic E-state index is 10.4. The summed E-state index contributed by atoms with van der Waals surface area (Å²) in [7, 11) is 0. The molecule has 0 spiro atoms. The fraction of sp³-hybridized carbons (Fsp3) is 0.100. The zero-order valence-corrected chi connectivity index (χ0v) is 7.47. The van der Waals surface area contributed by atoms with Crippen LogP contribution in [0.2, 0.25) is 0 Å². The van der Waals surface area contributed by atoms with Gasteiger partial charge in [-0.1, -0.05) is 0 Å². The van der Waals surface area contributed by atoms with Crippen molar-refractivity contribution in [3.8, 4) is 0 Å². The molecule has 0 unspecified atom stereocenters. The molecule has 4 nitrogen and oxygen atoms in total. The van der Waals surface area contributed by atoms with E-state index < -0.39 is 0 Å². The number of aromatic nitrogens is 3. The lowest BCUT2D eigenvalue weighted by Crippen LogP contribution is -1.91. The van der Waals surface area contributed by atoms with Gasteiger partial charge in [0.25, 0.3) is 0 Å². The molecule has 0 amide bonds. The molecule has 2 heterocycles. The predicted molar refractivity (Wildman–Crippen MR) is 51.0 cm³/mol. The molecular formula is C10H9N3O. The molecule has 14 heavy (non-hydrogen) atoms. The van der Waals surface area contributed by atoms with Gasteiger partial charge in [0.2, 0.25) is 0 Å². The summed E-state index contributed by atoms with van der Waals surface area (Å²) in [6.45, 7) is 0. The summed E-state index contributed by atoms with van der Waals surface area (Å²) in [6, 6.07) is 3.84. The van der Waals surface area contributed by atoms with Crippen molar-refractivity contribution in [2.24, 2.45) is 0 Å². The number of hydrogen-bond acceptors (Lipinski definition) is 3. The van der Waals surface area contributed by atoms with E-state index in [1.54, 1.807) is 12.4 Å². The van der Waals surface area contributed by atoms with E-state index >= 15 is 0 Å². The SMILES string of the molecule is O=Cc1cnc(Cc2ccncc2)[nH]1. The van der Waals surface area contributed by atoms with Crippen molar-refractivity contribution in [3.63, 3.8) is 0 Å². The predicted octanol–water partition coefficient (Wildman–Crippen LogP) is 1.21. The van der Waals surface area contributed by atoms with Crippen LogP contribution in [-0.2, 0) is 6.42 Å². The Morgan fingerprint density at radius 3 is 2.79 bits per heavy atom. The lowest BCUT2D eigenvalue weighted by Gasteiger charge is -1.95. The zero-order valence-electron chi connectivity index (χ0n) is 7.47. The van der Waals surface area contributed by atoms with Crippen LogP contribution in [0.15, 0.2) is 30.7 Å². The van der Waals surface area contributed by atoms with Crippen LogP contribution < -0.4 is 0 Å². The Labute approximate surface area is 81.0 Å². The molecule has 0 aliphatic rings. The number of carbonyl (C=O) groups is 1. The van der Waals surface area contributed by atoms with Crippen LogP contribution in [0.4, 0.5) is 0 Å². The number of H-pyrrole nitrogens is 1. The highest BCUT2D eigenvalue weighted by molar-refractivity contribution is 5.71. The third-order valence-electron chi connectivity index (χ3n) is 1.90. The summed E-state index contributed by atoms with van der Waals surface area (Å²) in [5.41, 5.74) is 1.63. The van der Waals surface area contributed by atoms with E-state index in [4.69, 9.17) is 0 Å². The fourth-order valence-corrected chi connectivity index (χ4v) is 1.22. The van der Waals surface area contributed by atoms with E-state index in [1.807, 2.05) is 12.1 Å². The average molecular weight is 187 g/mol. The highest BCUT2D eigenvalue weighted by atomic mass is 16.1. The summed E-state index contributed by atoms with van der Waals surface area (Å²) in [4.78, 5) is 21.3. The van der Waals surface area contributed by atoms with Crippen molar-refractivity contribution in [1.82, 2.24) is 15.0 Å². The first kappa shape index (κ1) is 8.62. The summed E-state index contributed by atoms with van der Waals surface area (Å²) in [5.74, 6) is 0.790. The highest BCUT2D eigenvalue weighted by Crippen LogP contribution is 2.04. The normalized spacial score (nSPS) is 10.0. The van der Waals surface area contributed by atoms with Crippen LogP contribution >= 0.6 is 0 Å². The van der Waals surface area contributed by atoms with E-state index in [0.717, 1.165) is 17.7 Å². The molecule has 0 saturated heterocycles. The molecule has 1 N–H and O–H groups in total. The van der Waals surface area contributed by atoms with Gasteiger partial charge in [-0.15, -0.1) is 0 Å². The summed E-state index contributed by atoms with van der Waals surface area (Å²) in [6.07, 6.45) is 6.45.